The van der Waals surface area contributed by atoms with Crippen LogP contribution in [-0.2, 0) is 23.8 Å². The van der Waals surface area contributed by atoms with E-state index in [-0.39, 0.29) is 23.5 Å². The lowest BCUT2D eigenvalue weighted by atomic mass is 9.81. The molecule has 62 heavy (non-hydrogen) atoms. The van der Waals surface area contributed by atoms with Gasteiger partial charge in [-0.3, -0.25) is 34.1 Å². The average molecular weight is 876 g/mol. The van der Waals surface area contributed by atoms with Gasteiger partial charge in [0.1, 0.15) is 6.10 Å². The molecule has 8 rings (SSSR count). The Kier molecular flexibility index (Phi) is 21.0. The average Bonchev–Trinajstić information content (AvgIpc) is 3.80. The summed E-state index contributed by atoms with van der Waals surface area (Å²) >= 11 is 0. The molecule has 12 nitrogen and oxygen atoms in total. The van der Waals surface area contributed by atoms with Crippen LogP contribution < -0.4 is 0 Å². The highest BCUT2D eigenvalue weighted by Gasteiger charge is 2.51. The molecule has 0 radical (unpaired) electrons. The molecule has 8 saturated heterocycles. The molecule has 0 bridgehead atoms. The van der Waals surface area contributed by atoms with E-state index >= 15 is 0 Å². The van der Waals surface area contributed by atoms with Crippen molar-refractivity contribution in [1.29, 1.82) is 0 Å². The molecular weight excluding hydrogens is 779 g/mol. The van der Waals surface area contributed by atoms with E-state index in [0.29, 0.717) is 35.2 Å². The molecule has 8 aliphatic heterocycles. The van der Waals surface area contributed by atoms with Gasteiger partial charge in [-0.1, -0.05) is 6.42 Å². The molecule has 2 spiro atoms. The molecule has 0 aromatic carbocycles. The minimum absolute atomic E-state index is 0.109. The van der Waals surface area contributed by atoms with Crippen LogP contribution in [0, 0.1) is 0 Å². The summed E-state index contributed by atoms with van der Waals surface area (Å²) in [6.07, 6.45) is 11.2. The molecule has 2 unspecified atom stereocenters. The summed E-state index contributed by atoms with van der Waals surface area (Å²) in [4.78, 5) is 40.1. The Balaban J connectivity index is 0.000000173. The largest absolute Gasteiger partial charge is 0.377 e. The quantitative estimate of drug-likeness (QED) is 0.283. The fraction of sp³-hybridized carbons (Fsp3) is 0.960. The zero-order chi connectivity index (χ0) is 45.8. The van der Waals surface area contributed by atoms with E-state index in [1.165, 1.54) is 58.2 Å². The van der Waals surface area contributed by atoms with Crippen LogP contribution >= 0.6 is 0 Å². The van der Waals surface area contributed by atoms with Crippen molar-refractivity contribution in [2.45, 2.75) is 214 Å². The van der Waals surface area contributed by atoms with E-state index in [1.807, 2.05) is 9.80 Å². The molecule has 0 saturated carbocycles. The SMILES string of the molecule is CC(=O)N1CCN(C(C)C)C(C)(C)C1.CC(C)N1CCC12COC2.CC(C)N1CCCC12COC2.CC(C)N1CCCCC1C.CC(C)N1CCCN(C(=O)C2CCCO2)CC1. The molecule has 8 heterocycles. The molecule has 362 valence electrons. The van der Waals surface area contributed by atoms with Gasteiger partial charge < -0.3 is 24.0 Å². The molecule has 8 aliphatic rings. The Morgan fingerprint density at radius 2 is 1.15 bits per heavy atom. The fourth-order valence-corrected chi connectivity index (χ4v) is 11.4. The Morgan fingerprint density at radius 1 is 0.548 bits per heavy atom. The number of ether oxygens (including phenoxy) is 3. The number of hydrogen-bond donors (Lipinski definition) is 0. The van der Waals surface area contributed by atoms with Crippen molar-refractivity contribution in [2.24, 2.45) is 0 Å². The van der Waals surface area contributed by atoms with Crippen LogP contribution in [0.25, 0.3) is 0 Å². The normalized spacial score (nSPS) is 27.6. The highest BCUT2D eigenvalue weighted by molar-refractivity contribution is 5.81. The second-order valence-electron chi connectivity index (χ2n) is 21.9. The van der Waals surface area contributed by atoms with E-state index in [9.17, 15) is 9.59 Å². The summed E-state index contributed by atoms with van der Waals surface area (Å²) in [6.45, 7) is 46.1. The maximum atomic E-state index is 12.2. The van der Waals surface area contributed by atoms with Gasteiger partial charge in [-0.25, -0.2) is 0 Å². The number of carbonyl (C=O) groups is 2. The van der Waals surface area contributed by atoms with Crippen LogP contribution in [0.2, 0.25) is 0 Å². The van der Waals surface area contributed by atoms with Crippen molar-refractivity contribution in [3.8, 4) is 0 Å². The van der Waals surface area contributed by atoms with Gasteiger partial charge in [0.2, 0.25) is 5.91 Å². The van der Waals surface area contributed by atoms with Gasteiger partial charge in [0.05, 0.1) is 37.5 Å². The first kappa shape index (κ1) is 53.2. The van der Waals surface area contributed by atoms with Gasteiger partial charge in [0.15, 0.2) is 0 Å². The predicted octanol–water partition coefficient (Wildman–Crippen LogP) is 6.84. The first-order chi connectivity index (χ1) is 29.2. The minimum Gasteiger partial charge on any atom is -0.377 e. The number of amides is 2. The minimum atomic E-state index is -0.152. The van der Waals surface area contributed by atoms with Gasteiger partial charge >= 0.3 is 0 Å². The third-order valence-electron chi connectivity index (χ3n) is 15.1. The Hall–Kier alpha value is -1.38. The topological polar surface area (TPSA) is 84.5 Å². The summed E-state index contributed by atoms with van der Waals surface area (Å²) in [5, 5.41) is 0. The molecule has 8 fully saturated rings. The number of likely N-dealkylation sites (tertiary alicyclic amines) is 3. The lowest BCUT2D eigenvalue weighted by Crippen LogP contribution is -2.72. The zero-order valence-electron chi connectivity index (χ0n) is 42.7. The van der Waals surface area contributed by atoms with Crippen molar-refractivity contribution in [3.63, 3.8) is 0 Å². The number of carbonyl (C=O) groups excluding carboxylic acids is 2. The van der Waals surface area contributed by atoms with E-state index in [1.54, 1.807) is 6.92 Å². The standard InChI is InChI=1S/C13H24N2O2.C11H22N2O.C9H17NO.C9H19N.C8H15NO/c1-11(2)14-6-4-7-15(9-8-14)13(16)12-5-3-10-17-12;1-9(2)13-7-6-12(10(3)14)8-11(13,4)5;1-8(2)10-5-3-4-9(10)6-11-7-9;1-8(2)10-7-5-4-6-9(10)3;1-7(2)9-4-3-8(9)5-10-6-8/h11-12H,3-10H2,1-2H3;9H,6-8H2,1-5H3;8H,3-7H2,1-2H3;8-9H,4-7H2,1-3H3;7H,3-6H2,1-2H3. The molecule has 0 aromatic rings. The number of rotatable bonds is 6. The monoisotopic (exact) mass is 876 g/mol. The number of hydrogen-bond acceptors (Lipinski definition) is 10. The number of piperidine rings is 1. The van der Waals surface area contributed by atoms with E-state index in [4.69, 9.17) is 14.2 Å². The van der Waals surface area contributed by atoms with Crippen molar-refractivity contribution < 1.29 is 23.8 Å². The lowest BCUT2D eigenvalue weighted by Gasteiger charge is -2.59. The number of nitrogens with zero attached hydrogens (tertiary/aromatic N) is 7. The van der Waals surface area contributed by atoms with Gasteiger partial charge in [-0.05, 0) is 154 Å². The summed E-state index contributed by atoms with van der Waals surface area (Å²) in [6, 6.07) is 4.11. The second kappa shape index (κ2) is 24.4. The highest BCUT2D eigenvalue weighted by Crippen LogP contribution is 2.39. The summed E-state index contributed by atoms with van der Waals surface area (Å²) in [5.41, 5.74) is 1.07. The van der Waals surface area contributed by atoms with Gasteiger partial charge in [-0.15, -0.1) is 0 Å². The summed E-state index contributed by atoms with van der Waals surface area (Å²) < 4.78 is 16.0. The maximum Gasteiger partial charge on any atom is 0.251 e. The van der Waals surface area contributed by atoms with Crippen LogP contribution in [0.1, 0.15) is 155 Å². The number of piperazine rings is 1. The molecule has 0 N–H and O–H groups in total. The van der Waals surface area contributed by atoms with Gasteiger partial charge in [0, 0.05) is 108 Å². The maximum absolute atomic E-state index is 12.2. The van der Waals surface area contributed by atoms with E-state index < -0.39 is 0 Å². The summed E-state index contributed by atoms with van der Waals surface area (Å²) in [7, 11) is 0. The highest BCUT2D eigenvalue weighted by atomic mass is 16.5. The van der Waals surface area contributed by atoms with Crippen LogP contribution in [0.4, 0.5) is 0 Å². The third-order valence-corrected chi connectivity index (χ3v) is 15.1. The second-order valence-corrected chi connectivity index (χ2v) is 21.9. The van der Waals surface area contributed by atoms with Crippen LogP contribution in [0.15, 0.2) is 0 Å². The molecule has 12 heteroatoms. The molecule has 2 atom stereocenters. The molecule has 0 aliphatic carbocycles. The predicted molar refractivity (Wildman–Crippen MR) is 255 cm³/mol. The molecule has 0 aromatic heterocycles. The van der Waals surface area contributed by atoms with Gasteiger partial charge in [0.25, 0.3) is 5.91 Å². The Labute approximate surface area is 381 Å². The summed E-state index contributed by atoms with van der Waals surface area (Å²) in [5.74, 6) is 0.412. The fourth-order valence-electron chi connectivity index (χ4n) is 11.4. The molecule has 2 amide bonds. The first-order valence-electron chi connectivity index (χ1n) is 25.3. The Morgan fingerprint density at radius 3 is 1.55 bits per heavy atom. The van der Waals surface area contributed by atoms with Crippen LogP contribution in [0.3, 0.4) is 0 Å². The van der Waals surface area contributed by atoms with E-state index in [2.05, 4.69) is 115 Å². The third kappa shape index (κ3) is 14.3. The van der Waals surface area contributed by atoms with Crippen molar-refractivity contribution >= 4 is 11.8 Å². The van der Waals surface area contributed by atoms with Crippen LogP contribution in [0.5, 0.6) is 0 Å². The lowest BCUT2D eigenvalue weighted by molar-refractivity contribution is -0.202. The smallest absolute Gasteiger partial charge is 0.251 e. The van der Waals surface area contributed by atoms with Crippen molar-refractivity contribution in [1.82, 2.24) is 34.3 Å². The van der Waals surface area contributed by atoms with Crippen molar-refractivity contribution in [3.05, 3.63) is 0 Å². The Bertz CT molecular complexity index is 1320. The van der Waals surface area contributed by atoms with Crippen molar-refractivity contribution in [2.75, 3.05) is 98.5 Å². The van der Waals surface area contributed by atoms with Gasteiger partial charge in [-0.2, -0.15) is 0 Å². The van der Waals surface area contributed by atoms with Crippen LogP contribution in [-0.4, -0.2) is 204 Å². The molecular formula is C50H97N7O5. The van der Waals surface area contributed by atoms with E-state index in [0.717, 1.165) is 110 Å². The first-order valence-corrected chi connectivity index (χ1v) is 25.3. The zero-order valence-corrected chi connectivity index (χ0v) is 42.7.